The van der Waals surface area contributed by atoms with Gasteiger partial charge in [-0.15, -0.1) is 0 Å². The molecule has 1 aliphatic heterocycles. The summed E-state index contributed by atoms with van der Waals surface area (Å²) in [4.78, 5) is 13.5. The number of sulfonamides is 1. The van der Waals surface area contributed by atoms with Gasteiger partial charge in [0, 0.05) is 44.7 Å². The Hall–Kier alpha value is -2.17. The van der Waals surface area contributed by atoms with Gasteiger partial charge in [0.1, 0.15) is 18.5 Å². The fourth-order valence-electron chi connectivity index (χ4n) is 3.33. The van der Waals surface area contributed by atoms with Crippen molar-refractivity contribution in [2.45, 2.75) is 17.9 Å². The second-order valence-corrected chi connectivity index (χ2v) is 9.68. The van der Waals surface area contributed by atoms with Gasteiger partial charge in [0.25, 0.3) is 0 Å². The number of piperazine rings is 1. The monoisotopic (exact) mass is 467 g/mol. The minimum absolute atomic E-state index is 0.0554. The van der Waals surface area contributed by atoms with Crippen LogP contribution in [0.4, 0.5) is 5.69 Å². The molecule has 0 spiro atoms. The maximum atomic E-state index is 12.8. The summed E-state index contributed by atoms with van der Waals surface area (Å²) in [7, 11) is -3.57. The van der Waals surface area contributed by atoms with E-state index in [9.17, 15) is 18.3 Å². The molecule has 31 heavy (non-hydrogen) atoms. The number of benzene rings is 2. The van der Waals surface area contributed by atoms with Crippen molar-refractivity contribution in [2.75, 3.05) is 44.6 Å². The molecule has 0 aromatic heterocycles. The lowest BCUT2D eigenvalue weighted by molar-refractivity contribution is -0.114. The van der Waals surface area contributed by atoms with Gasteiger partial charge < -0.3 is 15.2 Å². The zero-order valence-corrected chi connectivity index (χ0v) is 18.8. The highest BCUT2D eigenvalue weighted by Gasteiger charge is 2.29. The first-order valence-corrected chi connectivity index (χ1v) is 11.7. The number of hydrogen-bond donors (Lipinski definition) is 2. The van der Waals surface area contributed by atoms with E-state index in [0.29, 0.717) is 49.2 Å². The summed E-state index contributed by atoms with van der Waals surface area (Å²) in [6.45, 7) is 3.52. The van der Waals surface area contributed by atoms with Gasteiger partial charge in [-0.25, -0.2) is 8.42 Å². The third-order valence-corrected chi connectivity index (χ3v) is 7.05. The van der Waals surface area contributed by atoms with Crippen LogP contribution in [0.15, 0.2) is 53.4 Å². The number of carbonyl (C=O) groups excluding carboxylic acids is 1. The SMILES string of the molecule is CC(=O)Nc1ccccc1OCC(O)CN1CCN(S(=O)(=O)c2ccc(Cl)cc2)CC1. The highest BCUT2D eigenvalue weighted by molar-refractivity contribution is 7.89. The number of amides is 1. The van der Waals surface area contributed by atoms with Gasteiger partial charge in [-0.05, 0) is 36.4 Å². The van der Waals surface area contributed by atoms with Crippen molar-refractivity contribution >= 4 is 33.2 Å². The van der Waals surface area contributed by atoms with Crippen LogP contribution in [0.25, 0.3) is 0 Å². The number of hydrogen-bond acceptors (Lipinski definition) is 6. The van der Waals surface area contributed by atoms with E-state index >= 15 is 0 Å². The van der Waals surface area contributed by atoms with Gasteiger partial charge in [0.15, 0.2) is 0 Å². The zero-order chi connectivity index (χ0) is 22.4. The maximum Gasteiger partial charge on any atom is 0.243 e. The van der Waals surface area contributed by atoms with E-state index in [1.54, 1.807) is 36.4 Å². The summed E-state index contributed by atoms with van der Waals surface area (Å²) in [6, 6.07) is 13.1. The number of rotatable bonds is 8. The molecule has 0 aliphatic carbocycles. The Balaban J connectivity index is 1.49. The van der Waals surface area contributed by atoms with E-state index < -0.39 is 16.1 Å². The summed E-state index contributed by atoms with van der Waals surface area (Å²) in [5.74, 6) is 0.277. The van der Waals surface area contributed by atoms with Crippen molar-refractivity contribution in [1.82, 2.24) is 9.21 Å². The van der Waals surface area contributed by atoms with E-state index in [0.717, 1.165) is 0 Å². The number of aliphatic hydroxyl groups is 1. The number of ether oxygens (including phenoxy) is 1. The van der Waals surface area contributed by atoms with E-state index in [-0.39, 0.29) is 17.4 Å². The third kappa shape index (κ3) is 6.41. The number of para-hydroxylation sites is 2. The molecule has 1 fully saturated rings. The summed E-state index contributed by atoms with van der Waals surface area (Å²) < 4.78 is 32.6. The lowest BCUT2D eigenvalue weighted by Crippen LogP contribution is -2.50. The van der Waals surface area contributed by atoms with Crippen molar-refractivity contribution in [3.8, 4) is 5.75 Å². The van der Waals surface area contributed by atoms with Gasteiger partial charge in [-0.2, -0.15) is 4.31 Å². The topological polar surface area (TPSA) is 99.2 Å². The van der Waals surface area contributed by atoms with Crippen LogP contribution in [0.3, 0.4) is 0 Å². The minimum atomic E-state index is -3.57. The zero-order valence-electron chi connectivity index (χ0n) is 17.2. The predicted molar refractivity (Wildman–Crippen MR) is 119 cm³/mol. The molecule has 1 amide bonds. The van der Waals surface area contributed by atoms with E-state index in [4.69, 9.17) is 16.3 Å². The van der Waals surface area contributed by atoms with Crippen molar-refractivity contribution in [1.29, 1.82) is 0 Å². The average Bonchev–Trinajstić information content (AvgIpc) is 2.73. The smallest absolute Gasteiger partial charge is 0.243 e. The predicted octanol–water partition coefficient (Wildman–Crippen LogP) is 2.04. The standard InChI is InChI=1S/C21H26ClN3O5S/c1-16(26)23-20-4-2-3-5-21(20)30-15-18(27)14-24-10-12-25(13-11-24)31(28,29)19-8-6-17(22)7-9-19/h2-9,18,27H,10-15H2,1H3,(H,23,26). The van der Waals surface area contributed by atoms with Crippen LogP contribution in [-0.4, -0.2) is 74.1 Å². The van der Waals surface area contributed by atoms with Crippen LogP contribution in [0.1, 0.15) is 6.92 Å². The maximum absolute atomic E-state index is 12.8. The lowest BCUT2D eigenvalue weighted by Gasteiger charge is -2.34. The first-order chi connectivity index (χ1) is 14.8. The van der Waals surface area contributed by atoms with Crippen LogP contribution >= 0.6 is 11.6 Å². The lowest BCUT2D eigenvalue weighted by atomic mass is 10.2. The Morgan fingerprint density at radius 3 is 2.42 bits per heavy atom. The minimum Gasteiger partial charge on any atom is -0.489 e. The fourth-order valence-corrected chi connectivity index (χ4v) is 4.88. The molecular formula is C21H26ClN3O5S. The summed E-state index contributed by atoms with van der Waals surface area (Å²) in [5.41, 5.74) is 0.545. The summed E-state index contributed by atoms with van der Waals surface area (Å²) >= 11 is 5.84. The number of anilines is 1. The summed E-state index contributed by atoms with van der Waals surface area (Å²) in [6.07, 6.45) is -0.759. The molecule has 2 aromatic carbocycles. The van der Waals surface area contributed by atoms with Crippen molar-refractivity contribution in [3.05, 3.63) is 53.6 Å². The molecule has 1 heterocycles. The molecule has 1 unspecified atom stereocenters. The first-order valence-electron chi connectivity index (χ1n) is 9.91. The van der Waals surface area contributed by atoms with Gasteiger partial charge >= 0.3 is 0 Å². The molecule has 1 saturated heterocycles. The highest BCUT2D eigenvalue weighted by atomic mass is 35.5. The molecule has 0 bridgehead atoms. The van der Waals surface area contributed by atoms with E-state index in [1.165, 1.54) is 23.4 Å². The highest BCUT2D eigenvalue weighted by Crippen LogP contribution is 2.24. The van der Waals surface area contributed by atoms with Crippen LogP contribution < -0.4 is 10.1 Å². The fraction of sp³-hybridized carbons (Fsp3) is 0.381. The van der Waals surface area contributed by atoms with Crippen LogP contribution in [0, 0.1) is 0 Å². The Bertz CT molecular complexity index is 992. The Labute approximate surface area is 187 Å². The Morgan fingerprint density at radius 2 is 1.77 bits per heavy atom. The van der Waals surface area contributed by atoms with Crippen molar-refractivity contribution < 1.29 is 23.1 Å². The molecule has 1 aliphatic rings. The first kappa shape index (κ1) is 23.5. The number of nitrogens with one attached hydrogen (secondary N) is 1. The normalized spacial score (nSPS) is 16.6. The molecule has 10 heteroatoms. The Morgan fingerprint density at radius 1 is 1.13 bits per heavy atom. The molecule has 3 rings (SSSR count). The van der Waals surface area contributed by atoms with Gasteiger partial charge in [-0.1, -0.05) is 23.7 Å². The van der Waals surface area contributed by atoms with Gasteiger partial charge in [0.05, 0.1) is 10.6 Å². The van der Waals surface area contributed by atoms with Crippen molar-refractivity contribution in [3.63, 3.8) is 0 Å². The number of halogens is 1. The summed E-state index contributed by atoms with van der Waals surface area (Å²) in [5, 5.41) is 13.5. The Kier molecular flexibility index (Phi) is 7.90. The number of aliphatic hydroxyl groups excluding tert-OH is 1. The van der Waals surface area contributed by atoms with E-state index in [2.05, 4.69) is 5.32 Å². The van der Waals surface area contributed by atoms with Crippen molar-refractivity contribution in [2.24, 2.45) is 0 Å². The average molecular weight is 468 g/mol. The van der Waals surface area contributed by atoms with Gasteiger partial charge in [-0.3, -0.25) is 9.69 Å². The van der Waals surface area contributed by atoms with Crippen LogP contribution in [0.2, 0.25) is 5.02 Å². The molecule has 2 aromatic rings. The van der Waals surface area contributed by atoms with E-state index in [1.807, 2.05) is 4.90 Å². The number of nitrogens with zero attached hydrogens (tertiary/aromatic N) is 2. The third-order valence-electron chi connectivity index (χ3n) is 4.88. The molecule has 168 valence electrons. The number of carbonyl (C=O) groups is 1. The largest absolute Gasteiger partial charge is 0.489 e. The molecule has 0 radical (unpaired) electrons. The molecule has 1 atom stereocenters. The molecular weight excluding hydrogens is 442 g/mol. The quantitative estimate of drug-likeness (QED) is 0.616. The number of β-amino-alcohol motifs (C(OH)–C–C–N with tert-alkyl or cyclic N) is 1. The second-order valence-electron chi connectivity index (χ2n) is 7.30. The second kappa shape index (κ2) is 10.4. The molecule has 0 saturated carbocycles. The van der Waals surface area contributed by atoms with Crippen LogP contribution in [-0.2, 0) is 14.8 Å². The van der Waals surface area contributed by atoms with Gasteiger partial charge in [0.2, 0.25) is 15.9 Å². The molecule has 2 N–H and O–H groups in total. The molecule has 8 nitrogen and oxygen atoms in total. The van der Waals surface area contributed by atoms with Crippen LogP contribution in [0.5, 0.6) is 5.75 Å².